The van der Waals surface area contributed by atoms with Gasteiger partial charge in [0.2, 0.25) is 0 Å². The van der Waals surface area contributed by atoms with Crippen LogP contribution in [-0.2, 0) is 6.42 Å². The van der Waals surface area contributed by atoms with Gasteiger partial charge in [-0.3, -0.25) is 4.98 Å². The summed E-state index contributed by atoms with van der Waals surface area (Å²) in [4.78, 5) is 4.51. The monoisotopic (exact) mass is 307 g/mol. The molecule has 0 radical (unpaired) electrons. The Labute approximate surface area is 139 Å². The third-order valence-corrected chi connectivity index (χ3v) is 3.71. The van der Waals surface area contributed by atoms with Crippen LogP contribution in [0, 0.1) is 0 Å². The molecular formula is C21H25NO. The molecule has 0 bridgehead atoms. The molecule has 2 nitrogen and oxygen atoms in total. The van der Waals surface area contributed by atoms with E-state index >= 15 is 0 Å². The molecule has 23 heavy (non-hydrogen) atoms. The number of aliphatic hydroxyl groups excluding tert-OH is 1. The van der Waals surface area contributed by atoms with Crippen molar-refractivity contribution in [3.63, 3.8) is 0 Å². The number of aliphatic hydroxyl groups is 1. The average molecular weight is 307 g/mol. The maximum absolute atomic E-state index is 9.22. The van der Waals surface area contributed by atoms with Crippen LogP contribution in [0.4, 0.5) is 0 Å². The van der Waals surface area contributed by atoms with Gasteiger partial charge in [0.1, 0.15) is 0 Å². The van der Waals surface area contributed by atoms with Gasteiger partial charge in [0, 0.05) is 11.8 Å². The number of rotatable bonds is 8. The maximum atomic E-state index is 9.22. The fourth-order valence-corrected chi connectivity index (χ4v) is 2.40. The minimum Gasteiger partial charge on any atom is -0.393 e. The van der Waals surface area contributed by atoms with Crippen molar-refractivity contribution in [2.75, 3.05) is 0 Å². The first kappa shape index (κ1) is 17.2. The molecule has 120 valence electrons. The van der Waals surface area contributed by atoms with Crippen LogP contribution < -0.4 is 0 Å². The summed E-state index contributed by atoms with van der Waals surface area (Å²) < 4.78 is 0. The van der Waals surface area contributed by atoms with Crippen molar-refractivity contribution < 1.29 is 5.11 Å². The van der Waals surface area contributed by atoms with Crippen molar-refractivity contribution in [2.24, 2.45) is 0 Å². The quantitative estimate of drug-likeness (QED) is 0.547. The first-order valence-electron chi connectivity index (χ1n) is 8.20. The van der Waals surface area contributed by atoms with Crippen molar-refractivity contribution in [3.8, 4) is 11.3 Å². The number of benzene rings is 1. The Bertz CT molecular complexity index is 624. The Balaban J connectivity index is 1.93. The molecule has 1 aromatic carbocycles. The third kappa shape index (κ3) is 5.84. The highest BCUT2D eigenvalue weighted by atomic mass is 16.3. The van der Waals surface area contributed by atoms with Crippen LogP contribution >= 0.6 is 0 Å². The third-order valence-electron chi connectivity index (χ3n) is 3.71. The molecule has 0 saturated heterocycles. The molecule has 1 heterocycles. The smallest absolute Gasteiger partial charge is 0.0702 e. The lowest BCUT2D eigenvalue weighted by Gasteiger charge is -2.03. The molecule has 0 aliphatic rings. The van der Waals surface area contributed by atoms with Crippen molar-refractivity contribution in [1.82, 2.24) is 4.98 Å². The molecular weight excluding hydrogens is 282 g/mol. The fraction of sp³-hybridized carbons (Fsp3) is 0.286. The molecule has 0 saturated carbocycles. The highest BCUT2D eigenvalue weighted by Gasteiger charge is 1.99. The van der Waals surface area contributed by atoms with Crippen LogP contribution in [0.25, 0.3) is 17.3 Å². The summed E-state index contributed by atoms with van der Waals surface area (Å²) in [6.45, 7) is 5.58. The summed E-state index contributed by atoms with van der Waals surface area (Å²) >= 11 is 0. The van der Waals surface area contributed by atoms with E-state index in [0.29, 0.717) is 0 Å². The lowest BCUT2D eigenvalue weighted by molar-refractivity contribution is 0.182. The van der Waals surface area contributed by atoms with Crippen LogP contribution in [0.5, 0.6) is 0 Å². The van der Waals surface area contributed by atoms with Gasteiger partial charge < -0.3 is 5.11 Å². The standard InChI is InChI=1S/C21H25NO/c1-3-7-19-12-15-21(22-16-19)20-13-10-18(11-14-20)9-6-4-5-8-17(2)23/h3,6,9-17,23H,1,4-5,7-8H2,2H3. The minimum absolute atomic E-state index is 0.201. The molecule has 1 unspecified atom stereocenters. The fourth-order valence-electron chi connectivity index (χ4n) is 2.40. The van der Waals surface area contributed by atoms with Gasteiger partial charge in [-0.2, -0.15) is 0 Å². The number of allylic oxidation sites excluding steroid dienone is 2. The molecule has 0 aliphatic heterocycles. The van der Waals surface area contributed by atoms with Crippen molar-refractivity contribution >= 4 is 6.08 Å². The molecule has 1 N–H and O–H groups in total. The second-order valence-corrected chi connectivity index (χ2v) is 5.85. The zero-order valence-electron chi connectivity index (χ0n) is 13.8. The van der Waals surface area contributed by atoms with Crippen molar-refractivity contribution in [3.05, 3.63) is 72.5 Å². The first-order chi connectivity index (χ1) is 11.2. The normalized spacial score (nSPS) is 12.4. The van der Waals surface area contributed by atoms with Crippen LogP contribution in [0.1, 0.15) is 37.3 Å². The van der Waals surface area contributed by atoms with Gasteiger partial charge >= 0.3 is 0 Å². The van der Waals surface area contributed by atoms with Gasteiger partial charge in [0.05, 0.1) is 11.8 Å². The van der Waals surface area contributed by atoms with E-state index in [1.165, 1.54) is 11.1 Å². The summed E-state index contributed by atoms with van der Waals surface area (Å²) in [5.74, 6) is 0. The van der Waals surface area contributed by atoms with Crippen LogP contribution in [-0.4, -0.2) is 16.2 Å². The van der Waals surface area contributed by atoms with Gasteiger partial charge in [-0.15, -0.1) is 6.58 Å². The molecule has 0 aliphatic carbocycles. The Kier molecular flexibility index (Phi) is 6.76. The Hall–Kier alpha value is -2.19. The van der Waals surface area contributed by atoms with E-state index in [4.69, 9.17) is 0 Å². The van der Waals surface area contributed by atoms with Crippen LogP contribution in [0.15, 0.2) is 61.3 Å². The molecule has 2 rings (SSSR count). The zero-order chi connectivity index (χ0) is 16.5. The Morgan fingerprint density at radius 1 is 1.17 bits per heavy atom. The van der Waals surface area contributed by atoms with Gasteiger partial charge in [-0.05, 0) is 49.8 Å². The molecule has 0 fully saturated rings. The van der Waals surface area contributed by atoms with E-state index < -0.39 is 0 Å². The Morgan fingerprint density at radius 2 is 1.96 bits per heavy atom. The predicted molar refractivity (Wildman–Crippen MR) is 98.1 cm³/mol. The van der Waals surface area contributed by atoms with Gasteiger partial charge in [-0.25, -0.2) is 0 Å². The second-order valence-electron chi connectivity index (χ2n) is 5.85. The summed E-state index contributed by atoms with van der Waals surface area (Å²) in [5, 5.41) is 9.22. The number of nitrogens with zero attached hydrogens (tertiary/aromatic N) is 1. The number of unbranched alkanes of at least 4 members (excludes halogenated alkanes) is 1. The highest BCUT2D eigenvalue weighted by Crippen LogP contribution is 2.18. The van der Waals surface area contributed by atoms with E-state index in [1.807, 2.05) is 19.2 Å². The van der Waals surface area contributed by atoms with E-state index in [1.54, 1.807) is 0 Å². The topological polar surface area (TPSA) is 33.1 Å². The molecule has 0 amide bonds. The number of hydrogen-bond donors (Lipinski definition) is 1. The predicted octanol–water partition coefficient (Wildman–Crippen LogP) is 5.04. The van der Waals surface area contributed by atoms with Gasteiger partial charge in [-0.1, -0.05) is 48.6 Å². The van der Waals surface area contributed by atoms with E-state index in [9.17, 15) is 5.11 Å². The van der Waals surface area contributed by atoms with Crippen molar-refractivity contribution in [1.29, 1.82) is 0 Å². The lowest BCUT2D eigenvalue weighted by Crippen LogP contribution is -1.97. The number of aromatic nitrogens is 1. The van der Waals surface area contributed by atoms with E-state index in [2.05, 4.69) is 60.1 Å². The zero-order valence-corrected chi connectivity index (χ0v) is 13.8. The number of hydrogen-bond acceptors (Lipinski definition) is 2. The Morgan fingerprint density at radius 3 is 2.57 bits per heavy atom. The molecule has 0 spiro atoms. The molecule has 2 aromatic rings. The first-order valence-corrected chi connectivity index (χ1v) is 8.20. The lowest BCUT2D eigenvalue weighted by atomic mass is 10.1. The summed E-state index contributed by atoms with van der Waals surface area (Å²) in [6.07, 6.45) is 11.6. The van der Waals surface area contributed by atoms with E-state index in [-0.39, 0.29) is 6.10 Å². The molecule has 1 atom stereocenters. The van der Waals surface area contributed by atoms with E-state index in [0.717, 1.165) is 36.9 Å². The summed E-state index contributed by atoms with van der Waals surface area (Å²) in [5.41, 5.74) is 4.49. The van der Waals surface area contributed by atoms with Crippen LogP contribution in [0.2, 0.25) is 0 Å². The molecule has 1 aromatic heterocycles. The summed E-state index contributed by atoms with van der Waals surface area (Å²) in [6, 6.07) is 12.6. The highest BCUT2D eigenvalue weighted by molar-refractivity contribution is 5.62. The largest absolute Gasteiger partial charge is 0.393 e. The van der Waals surface area contributed by atoms with Crippen molar-refractivity contribution in [2.45, 2.75) is 38.7 Å². The van der Waals surface area contributed by atoms with Crippen LogP contribution in [0.3, 0.4) is 0 Å². The average Bonchev–Trinajstić information content (AvgIpc) is 2.56. The molecule has 2 heteroatoms. The van der Waals surface area contributed by atoms with Gasteiger partial charge in [0.15, 0.2) is 0 Å². The van der Waals surface area contributed by atoms with Gasteiger partial charge in [0.25, 0.3) is 0 Å². The SMILES string of the molecule is C=CCc1ccc(-c2ccc(C=CCCCC(C)O)cc2)nc1. The summed E-state index contributed by atoms with van der Waals surface area (Å²) in [7, 11) is 0. The minimum atomic E-state index is -0.201. The second kappa shape index (κ2) is 9.06. The maximum Gasteiger partial charge on any atom is 0.0702 e. The number of pyridine rings is 1.